The van der Waals surface area contributed by atoms with Crippen molar-refractivity contribution < 1.29 is 14.6 Å². The molecular formula is C13H17Br2NO3. The Labute approximate surface area is 129 Å². The summed E-state index contributed by atoms with van der Waals surface area (Å²) in [6, 6.07) is 5.48. The van der Waals surface area contributed by atoms with Crippen molar-refractivity contribution in [3.05, 3.63) is 27.1 Å². The average Bonchev–Trinajstić information content (AvgIpc) is 2.37. The maximum Gasteiger partial charge on any atom is 0.258 e. The average molecular weight is 395 g/mol. The molecule has 0 bridgehead atoms. The number of benzene rings is 1. The number of hydrogen-bond donors (Lipinski definition) is 2. The third-order valence-electron chi connectivity index (χ3n) is 2.59. The van der Waals surface area contributed by atoms with Crippen LogP contribution in [0.4, 0.5) is 0 Å². The van der Waals surface area contributed by atoms with Gasteiger partial charge in [-0.3, -0.25) is 4.79 Å². The highest BCUT2D eigenvalue weighted by Gasteiger charge is 2.11. The number of hydrogen-bond acceptors (Lipinski definition) is 3. The van der Waals surface area contributed by atoms with Crippen molar-refractivity contribution in [3.63, 3.8) is 0 Å². The van der Waals surface area contributed by atoms with Crippen molar-refractivity contribution in [3.8, 4) is 5.75 Å². The van der Waals surface area contributed by atoms with Gasteiger partial charge in [0.1, 0.15) is 5.75 Å². The molecule has 1 amide bonds. The lowest BCUT2D eigenvalue weighted by Gasteiger charge is -2.16. The van der Waals surface area contributed by atoms with E-state index in [1.807, 2.05) is 19.1 Å². The minimum atomic E-state index is -0.185. The van der Waals surface area contributed by atoms with Crippen LogP contribution in [-0.4, -0.2) is 30.3 Å². The van der Waals surface area contributed by atoms with Gasteiger partial charge in [-0.25, -0.2) is 0 Å². The van der Waals surface area contributed by atoms with E-state index in [-0.39, 0.29) is 25.2 Å². The van der Waals surface area contributed by atoms with Crippen LogP contribution >= 0.6 is 31.9 Å². The maximum absolute atomic E-state index is 11.7. The Hall–Kier alpha value is -0.590. The number of carbonyl (C=O) groups is 1. The number of halogens is 2. The number of nitrogens with one attached hydrogen (secondary N) is 1. The molecule has 0 saturated carbocycles. The number of aliphatic hydroxyl groups excluding tert-OH is 1. The predicted octanol–water partition coefficient (Wildman–Crippen LogP) is 2.87. The van der Waals surface area contributed by atoms with Gasteiger partial charge < -0.3 is 15.2 Å². The van der Waals surface area contributed by atoms with Gasteiger partial charge >= 0.3 is 0 Å². The van der Waals surface area contributed by atoms with Crippen molar-refractivity contribution in [2.75, 3.05) is 13.2 Å². The van der Waals surface area contributed by atoms with Gasteiger partial charge in [-0.15, -0.1) is 0 Å². The first-order valence-corrected chi connectivity index (χ1v) is 7.63. The topological polar surface area (TPSA) is 58.6 Å². The lowest BCUT2D eigenvalue weighted by Crippen LogP contribution is -2.38. The van der Waals surface area contributed by atoms with Crippen LogP contribution in [0.3, 0.4) is 0 Å². The number of rotatable bonds is 7. The summed E-state index contributed by atoms with van der Waals surface area (Å²) in [7, 11) is 0. The van der Waals surface area contributed by atoms with E-state index in [0.29, 0.717) is 12.2 Å². The Morgan fingerprint density at radius 3 is 2.79 bits per heavy atom. The first-order chi connectivity index (χ1) is 9.06. The van der Waals surface area contributed by atoms with Gasteiger partial charge in [0.05, 0.1) is 4.47 Å². The minimum absolute atomic E-state index is 0.00513. The Morgan fingerprint density at radius 1 is 1.47 bits per heavy atom. The number of aliphatic hydroxyl groups is 1. The molecule has 1 atom stereocenters. The van der Waals surface area contributed by atoms with Crippen molar-refractivity contribution in [2.45, 2.75) is 25.8 Å². The zero-order valence-corrected chi connectivity index (χ0v) is 13.8. The smallest absolute Gasteiger partial charge is 0.258 e. The highest BCUT2D eigenvalue weighted by atomic mass is 79.9. The largest absolute Gasteiger partial charge is 0.483 e. The molecule has 0 fully saturated rings. The summed E-state index contributed by atoms with van der Waals surface area (Å²) < 4.78 is 7.16. The molecule has 6 heteroatoms. The van der Waals surface area contributed by atoms with E-state index in [2.05, 4.69) is 37.2 Å². The molecule has 1 aromatic carbocycles. The lowest BCUT2D eigenvalue weighted by atomic mass is 10.1. The van der Waals surface area contributed by atoms with Gasteiger partial charge in [0.2, 0.25) is 0 Å². The molecule has 0 aromatic heterocycles. The number of carbonyl (C=O) groups excluding carboxylic acids is 1. The summed E-state index contributed by atoms with van der Waals surface area (Å²) in [6.45, 7) is 1.99. The molecule has 0 aliphatic carbocycles. The second-order valence-electron chi connectivity index (χ2n) is 4.05. The standard InChI is InChI=1S/C13H17Br2NO3/c1-2-10(5-6-17)16-13(18)8-19-12-4-3-9(14)7-11(12)15/h3-4,7,10,17H,2,5-6,8H2,1H3,(H,16,18). The first-order valence-electron chi connectivity index (χ1n) is 6.04. The van der Waals surface area contributed by atoms with Gasteiger partial charge in [-0.2, -0.15) is 0 Å². The maximum atomic E-state index is 11.7. The normalized spacial score (nSPS) is 12.0. The van der Waals surface area contributed by atoms with Crippen LogP contribution in [0.2, 0.25) is 0 Å². The molecular weight excluding hydrogens is 378 g/mol. The molecule has 1 unspecified atom stereocenters. The van der Waals surface area contributed by atoms with Gasteiger partial charge in [-0.1, -0.05) is 22.9 Å². The zero-order chi connectivity index (χ0) is 14.3. The molecule has 0 aliphatic heterocycles. The molecule has 0 heterocycles. The third kappa shape index (κ3) is 5.93. The van der Waals surface area contributed by atoms with E-state index >= 15 is 0 Å². The number of amides is 1. The van der Waals surface area contributed by atoms with Crippen molar-refractivity contribution >= 4 is 37.8 Å². The fourth-order valence-corrected chi connectivity index (χ4v) is 2.70. The first kappa shape index (κ1) is 16.5. The molecule has 19 heavy (non-hydrogen) atoms. The monoisotopic (exact) mass is 393 g/mol. The third-order valence-corrected chi connectivity index (χ3v) is 3.70. The van der Waals surface area contributed by atoms with Crippen LogP contribution in [0.25, 0.3) is 0 Å². The van der Waals surface area contributed by atoms with Crippen molar-refractivity contribution in [1.82, 2.24) is 5.32 Å². The molecule has 106 valence electrons. The second-order valence-corrected chi connectivity index (χ2v) is 5.82. The molecule has 0 radical (unpaired) electrons. The zero-order valence-electron chi connectivity index (χ0n) is 10.7. The molecule has 1 aromatic rings. The van der Waals surface area contributed by atoms with Crippen LogP contribution in [0.15, 0.2) is 27.1 Å². The van der Waals surface area contributed by atoms with Gasteiger partial charge in [0.15, 0.2) is 6.61 Å². The van der Waals surface area contributed by atoms with E-state index in [0.717, 1.165) is 15.4 Å². The summed E-state index contributed by atoms with van der Waals surface area (Å²) in [5.74, 6) is 0.434. The fraction of sp³-hybridized carbons (Fsp3) is 0.462. The molecule has 1 rings (SSSR count). The van der Waals surface area contributed by atoms with Crippen molar-refractivity contribution in [2.24, 2.45) is 0 Å². The fourth-order valence-electron chi connectivity index (χ4n) is 1.54. The van der Waals surface area contributed by atoms with Gasteiger partial charge in [-0.05, 0) is 47.0 Å². The molecule has 0 aliphatic rings. The van der Waals surface area contributed by atoms with E-state index in [4.69, 9.17) is 9.84 Å². The van der Waals surface area contributed by atoms with E-state index < -0.39 is 0 Å². The lowest BCUT2D eigenvalue weighted by molar-refractivity contribution is -0.123. The summed E-state index contributed by atoms with van der Waals surface area (Å²) >= 11 is 6.71. The SMILES string of the molecule is CCC(CCO)NC(=O)COc1ccc(Br)cc1Br. The Morgan fingerprint density at radius 2 is 2.21 bits per heavy atom. The Balaban J connectivity index is 2.45. The summed E-state index contributed by atoms with van der Waals surface area (Å²) in [4.78, 5) is 11.7. The van der Waals surface area contributed by atoms with E-state index in [9.17, 15) is 4.79 Å². The minimum Gasteiger partial charge on any atom is -0.483 e. The molecule has 2 N–H and O–H groups in total. The molecule has 0 saturated heterocycles. The van der Waals surface area contributed by atoms with Crippen LogP contribution < -0.4 is 10.1 Å². The van der Waals surface area contributed by atoms with Gasteiger partial charge in [0, 0.05) is 17.1 Å². The van der Waals surface area contributed by atoms with Gasteiger partial charge in [0.25, 0.3) is 5.91 Å². The Kier molecular flexibility index (Phi) is 7.41. The van der Waals surface area contributed by atoms with E-state index in [1.165, 1.54) is 0 Å². The highest BCUT2D eigenvalue weighted by molar-refractivity contribution is 9.11. The van der Waals surface area contributed by atoms with Crippen LogP contribution in [0.5, 0.6) is 5.75 Å². The number of ether oxygens (including phenoxy) is 1. The summed E-state index contributed by atoms with van der Waals surface area (Å²) in [5, 5.41) is 11.7. The molecule has 4 nitrogen and oxygen atoms in total. The van der Waals surface area contributed by atoms with Crippen LogP contribution in [-0.2, 0) is 4.79 Å². The Bertz CT molecular complexity index is 426. The second kappa shape index (κ2) is 8.55. The predicted molar refractivity (Wildman–Crippen MR) is 81.3 cm³/mol. The van der Waals surface area contributed by atoms with Crippen LogP contribution in [0.1, 0.15) is 19.8 Å². The van der Waals surface area contributed by atoms with E-state index in [1.54, 1.807) is 6.07 Å². The van der Waals surface area contributed by atoms with Crippen LogP contribution in [0, 0.1) is 0 Å². The summed E-state index contributed by atoms with van der Waals surface area (Å²) in [6.07, 6.45) is 1.35. The molecule has 0 spiro atoms. The van der Waals surface area contributed by atoms with Crippen molar-refractivity contribution in [1.29, 1.82) is 0 Å². The highest BCUT2D eigenvalue weighted by Crippen LogP contribution is 2.28. The summed E-state index contributed by atoms with van der Waals surface area (Å²) in [5.41, 5.74) is 0. The quantitative estimate of drug-likeness (QED) is 0.747.